The molecule has 0 saturated heterocycles. The summed E-state index contributed by atoms with van der Waals surface area (Å²) in [6.07, 6.45) is 0. The zero-order valence-corrected chi connectivity index (χ0v) is 17.2. The fourth-order valence-electron chi connectivity index (χ4n) is 2.17. The van der Waals surface area contributed by atoms with Crippen LogP contribution in [0.4, 0.5) is 0 Å². The maximum absolute atomic E-state index is 12.8. The molecule has 25 heavy (non-hydrogen) atoms. The van der Waals surface area contributed by atoms with Gasteiger partial charge in [0.1, 0.15) is 14.1 Å². The molecule has 3 nitrogen and oxygen atoms in total. The molecule has 0 spiro atoms. The third kappa shape index (κ3) is 5.85. The Morgan fingerprint density at radius 3 is 1.84 bits per heavy atom. The summed E-state index contributed by atoms with van der Waals surface area (Å²) in [5.41, 5.74) is 6.28. The average Bonchev–Trinajstić information content (AvgIpc) is 2.52. The first kappa shape index (κ1) is 19.5. The van der Waals surface area contributed by atoms with Gasteiger partial charge >= 0.3 is 0 Å². The largest absolute Gasteiger partial charge is 0.241 e. The van der Waals surface area contributed by atoms with Crippen LogP contribution in [0.25, 0.3) is 0 Å². The van der Waals surface area contributed by atoms with Gasteiger partial charge in [-0.15, -0.1) is 5.54 Å². The van der Waals surface area contributed by atoms with E-state index in [1.165, 1.54) is 0 Å². The van der Waals surface area contributed by atoms with Gasteiger partial charge in [0.2, 0.25) is 10.0 Å². The summed E-state index contributed by atoms with van der Waals surface area (Å²) in [4.78, 5) is 0.255. The molecule has 2 rings (SSSR count). The van der Waals surface area contributed by atoms with Crippen LogP contribution in [0, 0.1) is 25.3 Å². The molecule has 5 heteroatoms. The van der Waals surface area contributed by atoms with Crippen molar-refractivity contribution < 1.29 is 8.42 Å². The molecule has 0 aliphatic carbocycles. The summed E-state index contributed by atoms with van der Waals surface area (Å²) in [6, 6.07) is 14.1. The van der Waals surface area contributed by atoms with Crippen molar-refractivity contribution in [2.24, 2.45) is 0 Å². The Kier molecular flexibility index (Phi) is 5.89. The number of hydrogen-bond donors (Lipinski definition) is 1. The fraction of sp³-hybridized carbons (Fsp3) is 0.300. The molecule has 1 unspecified atom stereocenters. The van der Waals surface area contributed by atoms with Gasteiger partial charge in [0.15, 0.2) is 0 Å². The van der Waals surface area contributed by atoms with Gasteiger partial charge in [0.05, 0.1) is 4.90 Å². The van der Waals surface area contributed by atoms with Crippen molar-refractivity contribution in [2.75, 3.05) is 0 Å². The Morgan fingerprint density at radius 2 is 1.36 bits per heavy atom. The molecule has 2 aromatic carbocycles. The Hall–Kier alpha value is -1.87. The van der Waals surface area contributed by atoms with Gasteiger partial charge in [0.25, 0.3) is 0 Å². The standard InChI is InChI=1S/C20H25NO2SSi/c1-16-6-10-18(11-7-16)20(14-15-25(3,4)5)21-24(22,23)19-12-8-17(2)9-13-19/h6-13,20-21H,1-5H3. The van der Waals surface area contributed by atoms with E-state index in [-0.39, 0.29) is 4.90 Å². The van der Waals surface area contributed by atoms with Crippen LogP contribution in [0.1, 0.15) is 22.7 Å². The number of aryl methyl sites for hydroxylation is 2. The highest BCUT2D eigenvalue weighted by Crippen LogP contribution is 2.18. The van der Waals surface area contributed by atoms with Crippen molar-refractivity contribution >= 4 is 18.1 Å². The van der Waals surface area contributed by atoms with Gasteiger partial charge in [-0.3, -0.25) is 0 Å². The summed E-state index contributed by atoms with van der Waals surface area (Å²) in [5, 5.41) is 0. The lowest BCUT2D eigenvalue weighted by molar-refractivity contribution is 0.576. The topological polar surface area (TPSA) is 46.2 Å². The molecule has 0 aliphatic rings. The molecule has 0 fully saturated rings. The second-order valence-electron chi connectivity index (χ2n) is 7.30. The molecule has 1 atom stereocenters. The van der Waals surface area contributed by atoms with Gasteiger partial charge in [0, 0.05) is 0 Å². The quantitative estimate of drug-likeness (QED) is 0.646. The lowest BCUT2D eigenvalue weighted by Crippen LogP contribution is -2.28. The molecule has 2 aromatic rings. The van der Waals surface area contributed by atoms with Crippen LogP contribution in [0.5, 0.6) is 0 Å². The van der Waals surface area contributed by atoms with Crippen molar-refractivity contribution in [3.05, 3.63) is 65.2 Å². The Morgan fingerprint density at radius 1 is 0.880 bits per heavy atom. The first-order chi connectivity index (χ1) is 11.6. The molecule has 1 N–H and O–H groups in total. The molecule has 0 aliphatic heterocycles. The van der Waals surface area contributed by atoms with E-state index in [4.69, 9.17) is 0 Å². The van der Waals surface area contributed by atoms with Gasteiger partial charge in [-0.1, -0.05) is 73.1 Å². The number of nitrogens with one attached hydrogen (secondary N) is 1. The molecule has 0 bridgehead atoms. The third-order valence-electron chi connectivity index (χ3n) is 3.61. The summed E-state index contributed by atoms with van der Waals surface area (Å²) < 4.78 is 28.3. The highest BCUT2D eigenvalue weighted by molar-refractivity contribution is 7.89. The summed E-state index contributed by atoms with van der Waals surface area (Å²) in [5.74, 6) is 3.15. The summed E-state index contributed by atoms with van der Waals surface area (Å²) in [6.45, 7) is 10.4. The predicted octanol–water partition coefficient (Wildman–Crippen LogP) is 4.20. The van der Waals surface area contributed by atoms with Crippen LogP contribution in [-0.2, 0) is 10.0 Å². The number of benzene rings is 2. The van der Waals surface area contributed by atoms with Crippen LogP contribution in [0.3, 0.4) is 0 Å². The molecule has 0 saturated carbocycles. The Bertz CT molecular complexity index is 884. The van der Waals surface area contributed by atoms with Gasteiger partial charge in [-0.05, 0) is 31.5 Å². The SMILES string of the molecule is Cc1ccc(C(C#C[Si](C)(C)C)NS(=O)(=O)c2ccc(C)cc2)cc1. The zero-order chi connectivity index (χ0) is 18.7. The zero-order valence-electron chi connectivity index (χ0n) is 15.4. The maximum atomic E-state index is 12.8. The van der Waals surface area contributed by atoms with Crippen LogP contribution in [-0.4, -0.2) is 16.5 Å². The Balaban J connectivity index is 2.39. The van der Waals surface area contributed by atoms with Crippen molar-refractivity contribution in [3.8, 4) is 11.5 Å². The second kappa shape index (κ2) is 7.57. The molecule has 0 aromatic heterocycles. The van der Waals surface area contributed by atoms with E-state index in [0.717, 1.165) is 16.7 Å². The molecule has 0 heterocycles. The Labute approximate surface area is 152 Å². The summed E-state index contributed by atoms with van der Waals surface area (Å²) in [7, 11) is -5.26. The van der Waals surface area contributed by atoms with Crippen molar-refractivity contribution in [2.45, 2.75) is 44.4 Å². The minimum absolute atomic E-state index is 0.255. The highest BCUT2D eigenvalue weighted by atomic mass is 32.2. The second-order valence-corrected chi connectivity index (χ2v) is 13.8. The van der Waals surface area contributed by atoms with E-state index in [0.29, 0.717) is 0 Å². The number of hydrogen-bond acceptors (Lipinski definition) is 2. The van der Waals surface area contributed by atoms with Gasteiger partial charge in [-0.25, -0.2) is 8.42 Å². The van der Waals surface area contributed by atoms with E-state index in [1.54, 1.807) is 24.3 Å². The molecule has 0 radical (unpaired) electrons. The summed E-state index contributed by atoms with van der Waals surface area (Å²) >= 11 is 0. The molecular weight excluding hydrogens is 346 g/mol. The molecule has 132 valence electrons. The molecular formula is C20H25NO2SSi. The monoisotopic (exact) mass is 371 g/mol. The molecule has 0 amide bonds. The first-order valence-corrected chi connectivity index (χ1v) is 13.2. The smallest absolute Gasteiger partial charge is 0.207 e. The van der Waals surface area contributed by atoms with Crippen molar-refractivity contribution in [3.63, 3.8) is 0 Å². The van der Waals surface area contributed by atoms with E-state index >= 15 is 0 Å². The van der Waals surface area contributed by atoms with Crippen LogP contribution in [0.2, 0.25) is 19.6 Å². The van der Waals surface area contributed by atoms with Crippen LogP contribution >= 0.6 is 0 Å². The average molecular weight is 372 g/mol. The fourth-order valence-corrected chi connectivity index (χ4v) is 3.88. The number of rotatable bonds is 4. The lowest BCUT2D eigenvalue weighted by Gasteiger charge is -2.16. The highest BCUT2D eigenvalue weighted by Gasteiger charge is 2.20. The van der Waals surface area contributed by atoms with E-state index < -0.39 is 24.1 Å². The normalized spacial score (nSPS) is 13.0. The van der Waals surface area contributed by atoms with Gasteiger partial charge < -0.3 is 0 Å². The van der Waals surface area contributed by atoms with E-state index in [1.807, 2.05) is 38.1 Å². The van der Waals surface area contributed by atoms with Crippen molar-refractivity contribution in [1.29, 1.82) is 0 Å². The first-order valence-electron chi connectivity index (χ1n) is 8.25. The van der Waals surface area contributed by atoms with Crippen LogP contribution < -0.4 is 4.72 Å². The maximum Gasteiger partial charge on any atom is 0.241 e. The van der Waals surface area contributed by atoms with E-state index in [9.17, 15) is 8.42 Å². The van der Waals surface area contributed by atoms with Gasteiger partial charge in [-0.2, -0.15) is 4.72 Å². The third-order valence-corrected chi connectivity index (χ3v) is 5.94. The van der Waals surface area contributed by atoms with E-state index in [2.05, 4.69) is 35.8 Å². The predicted molar refractivity (Wildman–Crippen MR) is 107 cm³/mol. The van der Waals surface area contributed by atoms with Crippen LogP contribution in [0.15, 0.2) is 53.4 Å². The number of sulfonamides is 1. The minimum Gasteiger partial charge on any atom is -0.207 e. The van der Waals surface area contributed by atoms with Crippen molar-refractivity contribution in [1.82, 2.24) is 4.72 Å². The lowest BCUT2D eigenvalue weighted by atomic mass is 10.1. The minimum atomic E-state index is -3.64.